The first-order valence-electron chi connectivity index (χ1n) is 9.20. The molecule has 0 aliphatic heterocycles. The number of carbonyl (C=O) groups is 2. The molecule has 1 fully saturated rings. The van der Waals surface area contributed by atoms with E-state index in [4.69, 9.17) is 24.6 Å². The van der Waals surface area contributed by atoms with Gasteiger partial charge in [-0.3, -0.25) is 9.59 Å². The molecule has 0 heterocycles. The molecule has 1 aromatic rings. The summed E-state index contributed by atoms with van der Waals surface area (Å²) in [5.74, 6) is -2.03. The molecule has 0 spiro atoms. The van der Waals surface area contributed by atoms with Crippen LogP contribution in [0.15, 0.2) is 24.3 Å². The highest BCUT2D eigenvalue weighted by Gasteiger charge is 2.57. The average molecular weight is 301 g/mol. The number of halogens is 1. The molecule has 20 heavy (non-hydrogen) atoms. The molecular formula is C16H19ClO3. The van der Waals surface area contributed by atoms with Crippen LogP contribution in [0.1, 0.15) is 40.3 Å². The molecule has 0 radical (unpaired) electrons. The molecule has 3 nitrogen and oxygen atoms in total. The molecule has 1 aliphatic carbocycles. The van der Waals surface area contributed by atoms with Crippen molar-refractivity contribution in [2.24, 2.45) is 10.8 Å². The van der Waals surface area contributed by atoms with Crippen LogP contribution in [0.5, 0.6) is 0 Å². The summed E-state index contributed by atoms with van der Waals surface area (Å²) in [5, 5.41) is 0.456. The molecule has 1 saturated carbocycles. The summed E-state index contributed by atoms with van der Waals surface area (Å²) in [7, 11) is 1.09. The smallest absolute Gasteiger partial charge is 0.319 e. The van der Waals surface area contributed by atoms with Gasteiger partial charge in [0.25, 0.3) is 0 Å². The van der Waals surface area contributed by atoms with E-state index in [1.54, 1.807) is 24.3 Å². The number of carbonyl (C=O) groups excluding carboxylic acids is 2. The van der Waals surface area contributed by atoms with Crippen LogP contribution in [0.25, 0.3) is 0 Å². The van der Waals surface area contributed by atoms with Crippen molar-refractivity contribution in [3.63, 3.8) is 0 Å². The van der Waals surface area contributed by atoms with Gasteiger partial charge in [-0.15, -0.1) is 0 Å². The molecule has 0 N–H and O–H groups in total. The zero-order chi connectivity index (χ0) is 20.0. The number of rotatable bonds is 3. The highest BCUT2D eigenvalue weighted by Crippen LogP contribution is 2.48. The van der Waals surface area contributed by atoms with Gasteiger partial charge >= 0.3 is 5.97 Å². The fourth-order valence-corrected chi connectivity index (χ4v) is 2.74. The highest BCUT2D eigenvalue weighted by molar-refractivity contribution is 6.30. The van der Waals surface area contributed by atoms with E-state index >= 15 is 0 Å². The lowest BCUT2D eigenvalue weighted by Gasteiger charge is -2.26. The first kappa shape index (κ1) is 8.83. The van der Waals surface area contributed by atoms with Crippen LogP contribution in [0.2, 0.25) is 5.02 Å². The van der Waals surface area contributed by atoms with Gasteiger partial charge in [0.2, 0.25) is 0 Å². The number of ketones is 1. The predicted octanol–water partition coefficient (Wildman–Crippen LogP) is 3.43. The number of ether oxygens (including phenoxy) is 1. The second-order valence-electron chi connectivity index (χ2n) is 5.11. The lowest BCUT2D eigenvalue weighted by Crippen LogP contribution is -2.42. The molecule has 0 amide bonds. The topological polar surface area (TPSA) is 43.4 Å². The fourth-order valence-electron chi connectivity index (χ4n) is 2.62. The minimum Gasteiger partial charge on any atom is -0.468 e. The van der Waals surface area contributed by atoms with Gasteiger partial charge in [-0.2, -0.15) is 0 Å². The molecule has 4 heteroatoms. The third kappa shape index (κ3) is 2.47. The van der Waals surface area contributed by atoms with Gasteiger partial charge in [0.05, 0.1) is 7.11 Å². The third-order valence-electron chi connectivity index (χ3n) is 3.74. The van der Waals surface area contributed by atoms with E-state index in [0.717, 1.165) is 7.11 Å². The molecule has 1 atom stereocenters. The lowest BCUT2D eigenvalue weighted by molar-refractivity contribution is -0.158. The number of benzene rings is 1. The van der Waals surface area contributed by atoms with E-state index in [9.17, 15) is 9.59 Å². The third-order valence-corrected chi connectivity index (χ3v) is 4.00. The Kier molecular flexibility index (Phi) is 2.30. The Bertz CT molecular complexity index is 696. The summed E-state index contributed by atoms with van der Waals surface area (Å²) in [6.07, 6.45) is -0.803. The monoisotopic (exact) mass is 300 g/mol. The van der Waals surface area contributed by atoms with Gasteiger partial charge in [0, 0.05) is 18.7 Å². The summed E-state index contributed by atoms with van der Waals surface area (Å²) in [4.78, 5) is 25.8. The van der Waals surface area contributed by atoms with E-state index in [1.165, 1.54) is 0 Å². The predicted molar refractivity (Wildman–Crippen MR) is 77.6 cm³/mol. The summed E-state index contributed by atoms with van der Waals surface area (Å²) in [6, 6.07) is 6.35. The maximum absolute atomic E-state index is 13.3. The summed E-state index contributed by atoms with van der Waals surface area (Å²) >= 11 is 5.84. The Morgan fingerprint density at radius 2 is 2.00 bits per heavy atom. The molecule has 1 aromatic carbocycles. The maximum Gasteiger partial charge on any atom is 0.319 e. The summed E-state index contributed by atoms with van der Waals surface area (Å²) in [6.45, 7) is -6.16. The lowest BCUT2D eigenvalue weighted by atomic mass is 9.75. The van der Waals surface area contributed by atoms with Crippen molar-refractivity contribution in [3.8, 4) is 0 Å². The van der Waals surface area contributed by atoms with Crippen molar-refractivity contribution in [1.82, 2.24) is 0 Å². The molecule has 0 saturated heterocycles. The van der Waals surface area contributed by atoms with E-state index in [-0.39, 0.29) is 12.8 Å². The van der Waals surface area contributed by atoms with Crippen molar-refractivity contribution in [1.29, 1.82) is 0 Å². The Labute approximate surface area is 132 Å². The van der Waals surface area contributed by atoms with Gasteiger partial charge in [0.15, 0.2) is 5.78 Å². The van der Waals surface area contributed by atoms with E-state index < -0.39 is 42.7 Å². The minimum absolute atomic E-state index is 0.149. The van der Waals surface area contributed by atoms with Crippen LogP contribution in [-0.2, 0) is 20.7 Å². The molecule has 108 valence electrons. The van der Waals surface area contributed by atoms with Crippen molar-refractivity contribution >= 4 is 23.4 Å². The maximum atomic E-state index is 13.3. The Morgan fingerprint density at radius 1 is 1.35 bits per heavy atom. The number of hydrogen-bond donors (Lipinski definition) is 0. The number of Topliss-reactive ketones (excluding diaryl/α,β-unsaturated/α-hetero) is 1. The van der Waals surface area contributed by atoms with Gasteiger partial charge in [-0.05, 0) is 37.0 Å². The minimum atomic E-state index is -3.08. The van der Waals surface area contributed by atoms with Crippen LogP contribution in [0.4, 0.5) is 0 Å². The molecule has 1 unspecified atom stereocenters. The Balaban J connectivity index is 2.59. The summed E-state index contributed by atoms with van der Waals surface area (Å²) < 4.78 is 51.1. The molecule has 1 aliphatic rings. The number of esters is 1. The second kappa shape index (κ2) is 5.21. The number of hydrogen-bond acceptors (Lipinski definition) is 3. The van der Waals surface area contributed by atoms with Crippen molar-refractivity contribution in [2.75, 3.05) is 7.11 Å². The van der Waals surface area contributed by atoms with E-state index in [1.807, 2.05) is 0 Å². The zero-order valence-corrected chi connectivity index (χ0v) is 11.8. The van der Waals surface area contributed by atoms with Crippen molar-refractivity contribution < 1.29 is 22.6 Å². The number of methoxy groups -OCH3 is 1. The fraction of sp³-hybridized carbons (Fsp3) is 0.500. The standard InChI is InChI=1S/C16H19ClO3/c1-15(2)8-9-16(13(15)18,14(19)20-3)10-11-4-6-12(17)7-5-11/h4-7H,8-10H2,1-3H3/i1D3,2D3. The average Bonchev–Trinajstić information content (AvgIpc) is 2.83. The largest absolute Gasteiger partial charge is 0.468 e. The quantitative estimate of drug-likeness (QED) is 0.634. The molecule has 0 bridgehead atoms. The van der Waals surface area contributed by atoms with Crippen LogP contribution in [0, 0.1) is 10.8 Å². The second-order valence-corrected chi connectivity index (χ2v) is 5.55. The van der Waals surface area contributed by atoms with Crippen LogP contribution in [-0.4, -0.2) is 18.9 Å². The van der Waals surface area contributed by atoms with E-state index in [2.05, 4.69) is 0 Å². The van der Waals surface area contributed by atoms with E-state index in [0.29, 0.717) is 10.6 Å². The Morgan fingerprint density at radius 3 is 2.50 bits per heavy atom. The van der Waals surface area contributed by atoms with Gasteiger partial charge < -0.3 is 4.74 Å². The molecular weight excluding hydrogens is 276 g/mol. The van der Waals surface area contributed by atoms with Crippen molar-refractivity contribution in [3.05, 3.63) is 34.9 Å². The first-order chi connectivity index (χ1) is 11.8. The SMILES string of the molecule is [2H]C([2H])([2H])C1(C([2H])([2H])[2H])CCC(Cc2ccc(Cl)cc2)(C(=O)OC)C1=O. The van der Waals surface area contributed by atoms with Gasteiger partial charge in [-0.1, -0.05) is 37.4 Å². The van der Waals surface area contributed by atoms with Gasteiger partial charge in [0.1, 0.15) is 5.41 Å². The normalized spacial score (nSPS) is 30.4. The van der Waals surface area contributed by atoms with Crippen LogP contribution < -0.4 is 0 Å². The zero-order valence-electron chi connectivity index (χ0n) is 17.0. The van der Waals surface area contributed by atoms with Crippen molar-refractivity contribution in [2.45, 2.75) is 33.0 Å². The van der Waals surface area contributed by atoms with Gasteiger partial charge in [-0.25, -0.2) is 0 Å². The highest BCUT2D eigenvalue weighted by atomic mass is 35.5. The summed E-state index contributed by atoms with van der Waals surface area (Å²) in [5.41, 5.74) is -3.90. The van der Waals surface area contributed by atoms with Crippen LogP contribution >= 0.6 is 11.6 Å². The van der Waals surface area contributed by atoms with Crippen LogP contribution in [0.3, 0.4) is 0 Å². The first-order valence-corrected chi connectivity index (χ1v) is 6.57. The molecule has 0 aromatic heterocycles. The Hall–Kier alpha value is -1.35. The molecule has 2 rings (SSSR count).